The number of Topliss-reactive ketones (excluding diaryl/α,β-unsaturated/α-hetero) is 1. The fraction of sp³-hybridized carbons (Fsp3) is 0.200. The van der Waals surface area contributed by atoms with Crippen molar-refractivity contribution in [3.63, 3.8) is 0 Å². The van der Waals surface area contributed by atoms with Crippen molar-refractivity contribution in [2.24, 2.45) is 5.92 Å². The fourth-order valence-corrected chi connectivity index (χ4v) is 3.32. The molecule has 1 heterocycles. The first-order valence-electron chi connectivity index (χ1n) is 8.11. The largest absolute Gasteiger partial charge is 0.361 e. The van der Waals surface area contributed by atoms with Gasteiger partial charge in [-0.2, -0.15) is 0 Å². The molecule has 3 aromatic rings. The summed E-state index contributed by atoms with van der Waals surface area (Å²) in [5.74, 6) is 0.314. The van der Waals surface area contributed by atoms with Crippen LogP contribution in [-0.4, -0.2) is 16.7 Å². The van der Waals surface area contributed by atoms with E-state index in [1.54, 1.807) is 19.2 Å². The summed E-state index contributed by atoms with van der Waals surface area (Å²) >= 11 is 0. The van der Waals surface area contributed by atoms with Gasteiger partial charge in [-0.3, -0.25) is 9.59 Å². The average Bonchev–Trinajstić information content (AvgIpc) is 3.25. The van der Waals surface area contributed by atoms with Crippen LogP contribution in [0.25, 0.3) is 10.9 Å². The van der Waals surface area contributed by atoms with E-state index in [2.05, 4.69) is 22.4 Å². The van der Waals surface area contributed by atoms with Gasteiger partial charge in [0.1, 0.15) is 0 Å². The smallest absolute Gasteiger partial charge is 0.228 e. The van der Waals surface area contributed by atoms with Gasteiger partial charge in [0.15, 0.2) is 5.78 Å². The number of nitrogens with one attached hydrogen (secondary N) is 2. The second kappa shape index (κ2) is 5.64. The Kier molecular flexibility index (Phi) is 3.45. The molecule has 1 aliphatic rings. The van der Waals surface area contributed by atoms with Crippen LogP contribution in [0.15, 0.2) is 54.7 Å². The number of anilines is 1. The van der Waals surface area contributed by atoms with Crippen LogP contribution in [0.3, 0.4) is 0 Å². The number of carbonyl (C=O) groups excluding carboxylic acids is 2. The molecule has 120 valence electrons. The number of hydrogen-bond acceptors (Lipinski definition) is 2. The summed E-state index contributed by atoms with van der Waals surface area (Å²) in [7, 11) is 0. The molecular formula is C20H18N2O2. The van der Waals surface area contributed by atoms with Gasteiger partial charge in [-0.05, 0) is 43.0 Å². The zero-order valence-electron chi connectivity index (χ0n) is 13.4. The molecule has 2 N–H and O–H groups in total. The van der Waals surface area contributed by atoms with Crippen LogP contribution in [0.5, 0.6) is 0 Å². The number of fused-ring (bicyclic) bond motifs is 1. The summed E-state index contributed by atoms with van der Waals surface area (Å²) in [4.78, 5) is 27.5. The van der Waals surface area contributed by atoms with E-state index in [-0.39, 0.29) is 17.6 Å². The highest BCUT2D eigenvalue weighted by Crippen LogP contribution is 2.47. The topological polar surface area (TPSA) is 62.0 Å². The average molecular weight is 318 g/mol. The van der Waals surface area contributed by atoms with Crippen molar-refractivity contribution in [1.82, 2.24) is 4.98 Å². The van der Waals surface area contributed by atoms with Gasteiger partial charge < -0.3 is 10.3 Å². The molecule has 1 fully saturated rings. The molecule has 0 spiro atoms. The maximum absolute atomic E-state index is 12.5. The number of aromatic amines is 1. The third-order valence-electron chi connectivity index (χ3n) is 4.67. The van der Waals surface area contributed by atoms with Gasteiger partial charge in [0.25, 0.3) is 0 Å². The number of carbonyl (C=O) groups is 2. The van der Waals surface area contributed by atoms with Gasteiger partial charge in [0.05, 0.1) is 0 Å². The predicted molar refractivity (Wildman–Crippen MR) is 94.2 cm³/mol. The Hall–Kier alpha value is -2.88. The molecule has 2 atom stereocenters. The number of ketones is 1. The molecule has 1 aliphatic carbocycles. The standard InChI is InChI=1S/C20H18N2O2/c1-12(23)16-9-14(10-19-15(16)7-8-21-19)22-20(24)18-11-17(18)13-5-3-2-4-6-13/h2-10,17-18,21H,11H2,1H3,(H,22,24). The van der Waals surface area contributed by atoms with Gasteiger partial charge in [-0.15, -0.1) is 0 Å². The van der Waals surface area contributed by atoms with Gasteiger partial charge in [-0.1, -0.05) is 30.3 Å². The number of hydrogen-bond donors (Lipinski definition) is 2. The number of benzene rings is 2. The molecule has 0 bridgehead atoms. The maximum atomic E-state index is 12.5. The molecule has 4 heteroatoms. The predicted octanol–water partition coefficient (Wildman–Crippen LogP) is 4.11. The lowest BCUT2D eigenvalue weighted by Gasteiger charge is -2.08. The molecule has 1 amide bonds. The number of amides is 1. The summed E-state index contributed by atoms with van der Waals surface area (Å²) in [6, 6.07) is 15.6. The lowest BCUT2D eigenvalue weighted by atomic mass is 10.1. The Balaban J connectivity index is 1.55. The Morgan fingerprint density at radius 1 is 1.12 bits per heavy atom. The summed E-state index contributed by atoms with van der Waals surface area (Å²) in [5.41, 5.74) is 3.36. The van der Waals surface area contributed by atoms with Gasteiger partial charge in [0, 0.05) is 34.3 Å². The third-order valence-corrected chi connectivity index (χ3v) is 4.67. The molecule has 24 heavy (non-hydrogen) atoms. The molecule has 1 saturated carbocycles. The Morgan fingerprint density at radius 2 is 1.92 bits per heavy atom. The van der Waals surface area contributed by atoms with Gasteiger partial charge in [0.2, 0.25) is 5.91 Å². The highest BCUT2D eigenvalue weighted by Gasteiger charge is 2.43. The van der Waals surface area contributed by atoms with E-state index < -0.39 is 0 Å². The van der Waals surface area contributed by atoms with E-state index in [9.17, 15) is 9.59 Å². The number of H-pyrrole nitrogens is 1. The van der Waals surface area contributed by atoms with E-state index in [1.807, 2.05) is 30.3 Å². The Bertz CT molecular complexity index is 927. The van der Waals surface area contributed by atoms with Crippen molar-refractivity contribution < 1.29 is 9.59 Å². The monoisotopic (exact) mass is 318 g/mol. The molecule has 0 radical (unpaired) electrons. The minimum Gasteiger partial charge on any atom is -0.361 e. The quantitative estimate of drug-likeness (QED) is 0.711. The van der Waals surface area contributed by atoms with Crippen LogP contribution >= 0.6 is 0 Å². The zero-order valence-corrected chi connectivity index (χ0v) is 13.4. The van der Waals surface area contributed by atoms with Crippen LogP contribution < -0.4 is 5.32 Å². The first-order valence-corrected chi connectivity index (χ1v) is 8.11. The summed E-state index contributed by atoms with van der Waals surface area (Å²) < 4.78 is 0. The van der Waals surface area contributed by atoms with Crippen LogP contribution in [0.4, 0.5) is 5.69 Å². The second-order valence-electron chi connectivity index (χ2n) is 6.37. The van der Waals surface area contributed by atoms with Crippen molar-refractivity contribution in [1.29, 1.82) is 0 Å². The van der Waals surface area contributed by atoms with E-state index in [0.29, 0.717) is 17.2 Å². The van der Waals surface area contributed by atoms with Crippen LogP contribution in [0.2, 0.25) is 0 Å². The molecular weight excluding hydrogens is 300 g/mol. The highest BCUT2D eigenvalue weighted by molar-refractivity contribution is 6.09. The lowest BCUT2D eigenvalue weighted by Crippen LogP contribution is -2.15. The van der Waals surface area contributed by atoms with Gasteiger partial charge >= 0.3 is 0 Å². The van der Waals surface area contributed by atoms with Crippen molar-refractivity contribution >= 4 is 28.3 Å². The first-order chi connectivity index (χ1) is 11.6. The van der Waals surface area contributed by atoms with Crippen molar-refractivity contribution in [3.8, 4) is 0 Å². The first kappa shape index (κ1) is 14.7. The van der Waals surface area contributed by atoms with Crippen molar-refractivity contribution in [2.45, 2.75) is 19.3 Å². The SMILES string of the molecule is CC(=O)c1cc(NC(=O)C2CC2c2ccccc2)cc2[nH]ccc12. The van der Waals surface area contributed by atoms with Crippen LogP contribution in [-0.2, 0) is 4.79 Å². The molecule has 2 aromatic carbocycles. The molecule has 1 aromatic heterocycles. The summed E-state index contributed by atoms with van der Waals surface area (Å²) in [6.45, 7) is 1.54. The van der Waals surface area contributed by atoms with Crippen molar-refractivity contribution in [2.75, 3.05) is 5.32 Å². The summed E-state index contributed by atoms with van der Waals surface area (Å²) in [6.07, 6.45) is 2.68. The minimum atomic E-state index is -0.00992. The molecule has 0 saturated heterocycles. The number of rotatable bonds is 4. The Morgan fingerprint density at radius 3 is 2.67 bits per heavy atom. The molecule has 4 rings (SSSR count). The molecule has 2 unspecified atom stereocenters. The normalized spacial score (nSPS) is 19.2. The molecule has 4 nitrogen and oxygen atoms in total. The maximum Gasteiger partial charge on any atom is 0.228 e. The summed E-state index contributed by atoms with van der Waals surface area (Å²) in [5, 5.41) is 3.85. The van der Waals surface area contributed by atoms with E-state index in [1.165, 1.54) is 5.56 Å². The fourth-order valence-electron chi connectivity index (χ4n) is 3.32. The Labute approximate surface area is 139 Å². The van der Waals surface area contributed by atoms with E-state index >= 15 is 0 Å². The van der Waals surface area contributed by atoms with Crippen LogP contribution in [0.1, 0.15) is 35.2 Å². The van der Waals surface area contributed by atoms with Crippen LogP contribution in [0, 0.1) is 5.92 Å². The minimum absolute atomic E-state index is 0.00696. The van der Waals surface area contributed by atoms with E-state index in [0.717, 1.165) is 17.3 Å². The number of aromatic nitrogens is 1. The molecule has 0 aliphatic heterocycles. The highest BCUT2D eigenvalue weighted by atomic mass is 16.2. The van der Waals surface area contributed by atoms with Crippen molar-refractivity contribution in [3.05, 3.63) is 65.9 Å². The van der Waals surface area contributed by atoms with E-state index in [4.69, 9.17) is 0 Å². The van der Waals surface area contributed by atoms with Gasteiger partial charge in [-0.25, -0.2) is 0 Å². The zero-order chi connectivity index (χ0) is 16.7. The third kappa shape index (κ3) is 2.60. The lowest BCUT2D eigenvalue weighted by molar-refractivity contribution is -0.117. The second-order valence-corrected chi connectivity index (χ2v) is 6.37.